The molecule has 0 radical (unpaired) electrons. The molecule has 12 aromatic rings. The van der Waals surface area contributed by atoms with Gasteiger partial charge in [0.05, 0.1) is 109 Å². The van der Waals surface area contributed by atoms with E-state index < -0.39 is 11.7 Å². The minimum atomic E-state index is -4.98. The van der Waals surface area contributed by atoms with Crippen molar-refractivity contribution in [2.45, 2.75) is 6.18 Å². The average molecular weight is 1010 g/mol. The lowest BCUT2D eigenvalue weighted by Gasteiger charge is -2.23. The minimum Gasteiger partial charge on any atom is -0.308 e. The maximum absolute atomic E-state index is 16.0. The van der Waals surface area contributed by atoms with E-state index >= 15 is 13.2 Å². The van der Waals surface area contributed by atoms with Crippen molar-refractivity contribution in [2.24, 2.45) is 0 Å². The maximum atomic E-state index is 16.0. The Labute approximate surface area is 444 Å². The Morgan fingerprint density at radius 3 is 0.923 bits per heavy atom. The lowest BCUT2D eigenvalue weighted by molar-refractivity contribution is -0.137. The van der Waals surface area contributed by atoms with Crippen LogP contribution < -0.4 is 0 Å². The molecule has 0 amide bonds. The molecular formula is C67H33F3N8. The largest absolute Gasteiger partial charge is 0.417 e. The molecule has 362 valence electrons. The van der Waals surface area contributed by atoms with Crippen LogP contribution in [0, 0.1) is 68.0 Å². The highest BCUT2D eigenvalue weighted by atomic mass is 19.4. The van der Waals surface area contributed by atoms with Crippen molar-refractivity contribution in [1.82, 2.24) is 9.13 Å². The van der Waals surface area contributed by atoms with Gasteiger partial charge in [-0.25, -0.2) is 0 Å². The molecule has 11 heteroatoms. The van der Waals surface area contributed by atoms with E-state index in [-0.39, 0.29) is 33.6 Å². The molecule has 0 aliphatic rings. The van der Waals surface area contributed by atoms with E-state index in [2.05, 4.69) is 30.3 Å². The molecule has 8 nitrogen and oxygen atoms in total. The van der Waals surface area contributed by atoms with E-state index in [1.165, 1.54) is 12.1 Å². The molecule has 0 saturated carbocycles. The van der Waals surface area contributed by atoms with Crippen LogP contribution in [0.2, 0.25) is 0 Å². The third-order valence-electron chi connectivity index (χ3n) is 14.4. The fourth-order valence-electron chi connectivity index (χ4n) is 10.9. The topological polar surface area (TPSA) is 153 Å². The highest BCUT2D eigenvalue weighted by Crippen LogP contribution is 2.48. The van der Waals surface area contributed by atoms with Gasteiger partial charge < -0.3 is 9.13 Å². The first kappa shape index (κ1) is 47.5. The zero-order valence-electron chi connectivity index (χ0n) is 40.8. The van der Waals surface area contributed by atoms with Crippen molar-refractivity contribution in [3.8, 4) is 103 Å². The van der Waals surface area contributed by atoms with Crippen molar-refractivity contribution >= 4 is 43.6 Å². The van der Waals surface area contributed by atoms with Crippen LogP contribution in [0.3, 0.4) is 0 Å². The summed E-state index contributed by atoms with van der Waals surface area (Å²) >= 11 is 0. The molecule has 0 aliphatic carbocycles. The van der Waals surface area contributed by atoms with Gasteiger partial charge in [-0.2, -0.15) is 44.7 Å². The summed E-state index contributed by atoms with van der Waals surface area (Å²) in [6.07, 6.45) is -4.98. The zero-order chi connectivity index (χ0) is 53.8. The number of fused-ring (bicyclic) bond motifs is 6. The summed E-state index contributed by atoms with van der Waals surface area (Å²) in [5.74, 6) is 0. The zero-order valence-corrected chi connectivity index (χ0v) is 40.8. The number of nitriles is 6. The summed E-state index contributed by atoms with van der Waals surface area (Å²) < 4.78 is 51.6. The number of benzene rings is 10. The van der Waals surface area contributed by atoms with E-state index in [1.807, 2.05) is 137 Å². The molecule has 0 bridgehead atoms. The van der Waals surface area contributed by atoms with E-state index in [0.29, 0.717) is 110 Å². The molecule has 10 aromatic carbocycles. The Balaban J connectivity index is 1.25. The minimum absolute atomic E-state index is 0.0824. The predicted molar refractivity (Wildman–Crippen MR) is 296 cm³/mol. The average Bonchev–Trinajstić information content (AvgIpc) is 4.21. The van der Waals surface area contributed by atoms with Gasteiger partial charge in [0.1, 0.15) is 0 Å². The van der Waals surface area contributed by atoms with Crippen LogP contribution in [-0.4, -0.2) is 9.13 Å². The van der Waals surface area contributed by atoms with Gasteiger partial charge in [-0.1, -0.05) is 103 Å². The van der Waals surface area contributed by atoms with Gasteiger partial charge in [-0.15, -0.1) is 0 Å². The van der Waals surface area contributed by atoms with Gasteiger partial charge in [0.25, 0.3) is 0 Å². The van der Waals surface area contributed by atoms with E-state index in [0.717, 1.165) is 6.07 Å². The first-order valence-electron chi connectivity index (χ1n) is 24.4. The van der Waals surface area contributed by atoms with Crippen molar-refractivity contribution < 1.29 is 13.2 Å². The SMILES string of the molecule is N#Cc1cc(-n2c3ccc(-c4ccccc4C#N)cc3c3cc(-c4ccccc4C#N)ccc32)c(-c2ccc(C#N)cc2C(F)(F)F)c(-n2c3ccc(-c4ccccc4C#N)cc3c3cc(-c4ccccc4C#N)ccc32)c1. The Morgan fingerprint density at radius 2 is 0.628 bits per heavy atom. The molecule has 0 fully saturated rings. The second-order valence-electron chi connectivity index (χ2n) is 18.6. The molecule has 78 heavy (non-hydrogen) atoms. The smallest absolute Gasteiger partial charge is 0.308 e. The van der Waals surface area contributed by atoms with Crippen LogP contribution in [0.1, 0.15) is 38.9 Å². The van der Waals surface area contributed by atoms with Gasteiger partial charge in [0.2, 0.25) is 0 Å². The molecule has 12 rings (SSSR count). The molecule has 0 saturated heterocycles. The van der Waals surface area contributed by atoms with Gasteiger partial charge >= 0.3 is 6.18 Å². The fraction of sp³-hybridized carbons (Fsp3) is 0.0149. The summed E-state index contributed by atoms with van der Waals surface area (Å²) in [6, 6.07) is 71.4. The summed E-state index contributed by atoms with van der Waals surface area (Å²) in [7, 11) is 0. The quantitative estimate of drug-likeness (QED) is 0.155. The molecule has 0 spiro atoms. The summed E-state index contributed by atoms with van der Waals surface area (Å²) in [6.45, 7) is 0. The number of rotatable bonds is 7. The van der Waals surface area contributed by atoms with Crippen LogP contribution in [0.4, 0.5) is 13.2 Å². The van der Waals surface area contributed by atoms with Crippen LogP contribution >= 0.6 is 0 Å². The Hall–Kier alpha value is -11.5. The predicted octanol–water partition coefficient (Wildman–Crippen LogP) is 16.5. The van der Waals surface area contributed by atoms with Crippen molar-refractivity contribution in [2.75, 3.05) is 0 Å². The van der Waals surface area contributed by atoms with Crippen molar-refractivity contribution in [1.29, 1.82) is 31.6 Å². The van der Waals surface area contributed by atoms with E-state index in [9.17, 15) is 31.6 Å². The number of hydrogen-bond acceptors (Lipinski definition) is 6. The number of hydrogen-bond donors (Lipinski definition) is 0. The molecule has 0 atom stereocenters. The summed E-state index contributed by atoms with van der Waals surface area (Å²) in [5.41, 5.74) is 8.55. The Morgan fingerprint density at radius 1 is 0.308 bits per heavy atom. The Bertz CT molecular complexity index is 4330. The third-order valence-corrected chi connectivity index (χ3v) is 14.4. The van der Waals surface area contributed by atoms with Crippen molar-refractivity contribution in [3.63, 3.8) is 0 Å². The highest BCUT2D eigenvalue weighted by Gasteiger charge is 2.36. The maximum Gasteiger partial charge on any atom is 0.417 e. The molecule has 0 aliphatic heterocycles. The van der Waals surface area contributed by atoms with Gasteiger partial charge in [0, 0.05) is 27.1 Å². The number of nitrogens with zero attached hydrogens (tertiary/aromatic N) is 8. The number of alkyl halides is 3. The second kappa shape index (κ2) is 18.8. The molecule has 2 heterocycles. The molecule has 0 unspecified atom stereocenters. The second-order valence-corrected chi connectivity index (χ2v) is 18.6. The Kier molecular flexibility index (Phi) is 11.4. The third kappa shape index (κ3) is 7.73. The highest BCUT2D eigenvalue weighted by molar-refractivity contribution is 6.15. The first-order chi connectivity index (χ1) is 38.0. The summed E-state index contributed by atoms with van der Waals surface area (Å²) in [5, 5.41) is 64.7. The molecular weight excluding hydrogens is 974 g/mol. The lowest BCUT2D eigenvalue weighted by atomic mass is 9.92. The fourth-order valence-corrected chi connectivity index (χ4v) is 10.9. The van der Waals surface area contributed by atoms with Crippen LogP contribution in [0.15, 0.2) is 200 Å². The summed E-state index contributed by atoms with van der Waals surface area (Å²) in [4.78, 5) is 0. The van der Waals surface area contributed by atoms with Crippen molar-refractivity contribution in [3.05, 3.63) is 239 Å². The number of halogens is 3. The number of aromatic nitrogens is 2. The van der Waals surface area contributed by atoms with Gasteiger partial charge in [-0.3, -0.25) is 0 Å². The van der Waals surface area contributed by atoms with E-state index in [4.69, 9.17) is 0 Å². The van der Waals surface area contributed by atoms with Gasteiger partial charge in [0.15, 0.2) is 0 Å². The normalized spacial score (nSPS) is 11.2. The van der Waals surface area contributed by atoms with Crippen LogP contribution in [0.5, 0.6) is 0 Å². The molecule has 2 aromatic heterocycles. The van der Waals surface area contributed by atoms with Gasteiger partial charge in [-0.05, 0) is 147 Å². The van der Waals surface area contributed by atoms with E-state index in [1.54, 1.807) is 60.7 Å². The first-order valence-corrected chi connectivity index (χ1v) is 24.4. The monoisotopic (exact) mass is 1010 g/mol. The lowest BCUT2D eigenvalue weighted by Crippen LogP contribution is -2.11. The van der Waals surface area contributed by atoms with Crippen LogP contribution in [0.25, 0.3) is 111 Å². The molecule has 0 N–H and O–H groups in total. The van der Waals surface area contributed by atoms with Crippen LogP contribution in [-0.2, 0) is 6.18 Å². The standard InChI is InChI=1S/C67H33F3N8/c68-67(69,70)59-27-40(34-71)17-22-54(59)66-64(77-60-23-18-42(50-13-5-1-9-46(50)36-73)30-55(60)56-31-43(19-24-61(56)77)51-14-6-2-10-47(51)37-74)28-41(35-72)29-65(66)78-62-25-20-44(52-15-7-3-11-48(52)38-75)32-57(62)58-33-45(21-26-63(58)78)53-16-8-4-12-49(53)39-76/h1-33H.